The smallest absolute Gasteiger partial charge is 0.273 e. The Morgan fingerprint density at radius 2 is 1.94 bits per heavy atom. The molecule has 31 heavy (non-hydrogen) atoms. The summed E-state index contributed by atoms with van der Waals surface area (Å²) in [6, 6.07) is 18.4. The minimum Gasteiger partial charge on any atom is -0.375 e. The second-order valence-electron chi connectivity index (χ2n) is 7.91. The summed E-state index contributed by atoms with van der Waals surface area (Å²) in [7, 11) is 0. The number of hydrogen-bond acceptors (Lipinski definition) is 6. The van der Waals surface area contributed by atoms with Crippen LogP contribution in [-0.2, 0) is 22.6 Å². The van der Waals surface area contributed by atoms with Gasteiger partial charge in [-0.25, -0.2) is 0 Å². The first-order chi connectivity index (χ1) is 15.1. The topological polar surface area (TPSA) is 96.5 Å². The van der Waals surface area contributed by atoms with Gasteiger partial charge in [0.1, 0.15) is 5.78 Å². The van der Waals surface area contributed by atoms with Crippen LogP contribution in [-0.4, -0.2) is 41.3 Å². The minimum absolute atomic E-state index is 0.0175. The Morgan fingerprint density at radius 3 is 2.68 bits per heavy atom. The van der Waals surface area contributed by atoms with Gasteiger partial charge in [0.25, 0.3) is 5.69 Å². The lowest BCUT2D eigenvalue weighted by Gasteiger charge is -2.35. The number of benzene rings is 2. The molecule has 2 aromatic rings. The maximum Gasteiger partial charge on any atom is 0.273 e. The molecule has 0 amide bonds. The van der Waals surface area contributed by atoms with Gasteiger partial charge in [-0.05, 0) is 30.9 Å². The first-order valence-electron chi connectivity index (χ1n) is 10.6. The van der Waals surface area contributed by atoms with E-state index in [0.29, 0.717) is 38.2 Å². The molecule has 0 aliphatic carbocycles. The van der Waals surface area contributed by atoms with Gasteiger partial charge >= 0.3 is 0 Å². The molecule has 3 rings (SSSR count). The van der Waals surface area contributed by atoms with E-state index in [1.54, 1.807) is 18.2 Å². The number of carbonyl (C=O) groups is 1. The van der Waals surface area contributed by atoms with E-state index >= 15 is 0 Å². The molecule has 1 fully saturated rings. The molecule has 0 bridgehead atoms. The van der Waals surface area contributed by atoms with Crippen molar-refractivity contribution in [2.75, 3.05) is 19.7 Å². The van der Waals surface area contributed by atoms with E-state index < -0.39 is 4.92 Å². The minimum atomic E-state index is -0.452. The highest BCUT2D eigenvalue weighted by atomic mass is 16.6. The SMILES string of the molecule is N#C[C@H]1C[C@H](CC(=O)Cc2ccccc2[N+](=O)[O-])CCN1CCOCc1ccccc1. The number of carbonyl (C=O) groups excluding carboxylic acids is 1. The highest BCUT2D eigenvalue weighted by Crippen LogP contribution is 2.27. The van der Waals surface area contributed by atoms with Gasteiger partial charge in [-0.3, -0.25) is 19.8 Å². The summed E-state index contributed by atoms with van der Waals surface area (Å²) in [5, 5.41) is 20.7. The standard InChI is InChI=1S/C24H27N3O4/c25-17-22-14-20(15-23(28)16-21-8-4-5-9-24(21)27(29)30)10-11-26(22)12-13-31-18-19-6-2-1-3-7-19/h1-9,20,22H,10-16,18H2/t20-,22-/m1/s1. The molecule has 1 aliphatic rings. The van der Waals surface area contributed by atoms with E-state index in [9.17, 15) is 20.2 Å². The summed E-state index contributed by atoms with van der Waals surface area (Å²) in [5.41, 5.74) is 1.55. The zero-order chi connectivity index (χ0) is 22.1. The third kappa shape index (κ3) is 6.71. The Bertz CT molecular complexity index is 926. The largest absolute Gasteiger partial charge is 0.375 e. The van der Waals surface area contributed by atoms with Crippen LogP contribution in [0.3, 0.4) is 0 Å². The number of ether oxygens (including phenoxy) is 1. The Balaban J connectivity index is 1.44. The Morgan fingerprint density at radius 1 is 1.19 bits per heavy atom. The van der Waals surface area contributed by atoms with E-state index in [1.807, 2.05) is 30.3 Å². The number of nitro benzene ring substituents is 1. The molecule has 0 aromatic heterocycles. The number of nitrogens with zero attached hydrogens (tertiary/aromatic N) is 3. The van der Waals surface area contributed by atoms with Crippen LogP contribution in [0.4, 0.5) is 5.69 Å². The fourth-order valence-electron chi connectivity index (χ4n) is 4.07. The number of rotatable bonds is 10. The zero-order valence-electron chi connectivity index (χ0n) is 17.5. The predicted octanol–water partition coefficient (Wildman–Crippen LogP) is 3.92. The number of nitriles is 1. The van der Waals surface area contributed by atoms with E-state index in [4.69, 9.17) is 4.74 Å². The normalized spacial score (nSPS) is 18.9. The maximum atomic E-state index is 12.5. The Kier molecular flexibility index (Phi) is 8.27. The highest BCUT2D eigenvalue weighted by molar-refractivity contribution is 5.82. The van der Waals surface area contributed by atoms with Crippen LogP contribution >= 0.6 is 0 Å². The predicted molar refractivity (Wildman–Crippen MR) is 116 cm³/mol. The van der Waals surface area contributed by atoms with Gasteiger partial charge in [0.15, 0.2) is 0 Å². The fraction of sp³-hybridized carbons (Fsp3) is 0.417. The first-order valence-corrected chi connectivity index (χ1v) is 10.6. The van der Waals surface area contributed by atoms with Crippen molar-refractivity contribution < 1.29 is 14.5 Å². The average molecular weight is 421 g/mol. The lowest BCUT2D eigenvalue weighted by molar-refractivity contribution is -0.385. The molecule has 7 nitrogen and oxygen atoms in total. The summed E-state index contributed by atoms with van der Waals surface area (Å²) < 4.78 is 5.74. The molecule has 2 aromatic carbocycles. The Hall–Kier alpha value is -3.08. The summed E-state index contributed by atoms with van der Waals surface area (Å²) in [6.07, 6.45) is 1.88. The van der Waals surface area contributed by atoms with Crippen LogP contribution in [0.25, 0.3) is 0 Å². The van der Waals surface area contributed by atoms with E-state index in [1.165, 1.54) is 6.07 Å². The molecule has 0 spiro atoms. The lowest BCUT2D eigenvalue weighted by Crippen LogP contribution is -2.43. The third-order valence-corrected chi connectivity index (χ3v) is 5.70. The molecular formula is C24H27N3O4. The molecule has 0 N–H and O–H groups in total. The first kappa shape index (κ1) is 22.6. The van der Waals surface area contributed by atoms with Crippen LogP contribution < -0.4 is 0 Å². The number of hydrogen-bond donors (Lipinski definition) is 0. The number of likely N-dealkylation sites (tertiary alicyclic amines) is 1. The lowest BCUT2D eigenvalue weighted by atomic mass is 9.86. The number of para-hydroxylation sites is 1. The summed E-state index contributed by atoms with van der Waals surface area (Å²) >= 11 is 0. The monoisotopic (exact) mass is 421 g/mol. The van der Waals surface area contributed by atoms with Gasteiger partial charge in [0, 0.05) is 31.0 Å². The van der Waals surface area contributed by atoms with Crippen LogP contribution in [0.2, 0.25) is 0 Å². The quantitative estimate of drug-likeness (QED) is 0.328. The van der Waals surface area contributed by atoms with Crippen LogP contribution in [0, 0.1) is 27.4 Å². The second kappa shape index (κ2) is 11.3. The van der Waals surface area contributed by atoms with Crippen molar-refractivity contribution >= 4 is 11.5 Å². The number of Topliss-reactive ketones (excluding diaryl/α,β-unsaturated/α-hetero) is 1. The van der Waals surface area contributed by atoms with Crippen LogP contribution in [0.15, 0.2) is 54.6 Å². The molecule has 2 atom stereocenters. The zero-order valence-corrected chi connectivity index (χ0v) is 17.5. The molecule has 1 heterocycles. The van der Waals surface area contributed by atoms with Crippen molar-refractivity contribution in [2.24, 2.45) is 5.92 Å². The van der Waals surface area contributed by atoms with Gasteiger partial charge in [-0.15, -0.1) is 0 Å². The summed E-state index contributed by atoms with van der Waals surface area (Å²) in [5.74, 6) is 0.108. The molecule has 7 heteroatoms. The molecule has 0 unspecified atom stereocenters. The van der Waals surface area contributed by atoms with Crippen molar-refractivity contribution in [1.29, 1.82) is 5.26 Å². The van der Waals surface area contributed by atoms with E-state index in [0.717, 1.165) is 18.5 Å². The van der Waals surface area contributed by atoms with Crippen molar-refractivity contribution in [3.63, 3.8) is 0 Å². The van der Waals surface area contributed by atoms with Gasteiger partial charge in [-0.1, -0.05) is 48.5 Å². The van der Waals surface area contributed by atoms with E-state index in [2.05, 4.69) is 11.0 Å². The van der Waals surface area contributed by atoms with Crippen molar-refractivity contribution in [3.8, 4) is 6.07 Å². The molecule has 0 saturated carbocycles. The number of piperidine rings is 1. The van der Waals surface area contributed by atoms with Crippen molar-refractivity contribution in [1.82, 2.24) is 4.90 Å². The molecule has 0 radical (unpaired) electrons. The van der Waals surface area contributed by atoms with Gasteiger partial charge in [0.2, 0.25) is 0 Å². The van der Waals surface area contributed by atoms with E-state index in [-0.39, 0.29) is 29.9 Å². The van der Waals surface area contributed by atoms with Crippen molar-refractivity contribution in [2.45, 2.75) is 38.3 Å². The third-order valence-electron chi connectivity index (χ3n) is 5.70. The van der Waals surface area contributed by atoms with Gasteiger partial charge in [0.05, 0.1) is 30.2 Å². The van der Waals surface area contributed by atoms with Gasteiger partial charge in [-0.2, -0.15) is 5.26 Å². The van der Waals surface area contributed by atoms with Crippen LogP contribution in [0.1, 0.15) is 30.4 Å². The summed E-state index contributed by atoms with van der Waals surface area (Å²) in [4.78, 5) is 25.3. The Labute approximate surface area is 182 Å². The van der Waals surface area contributed by atoms with Crippen molar-refractivity contribution in [3.05, 3.63) is 75.8 Å². The van der Waals surface area contributed by atoms with Crippen LogP contribution in [0.5, 0.6) is 0 Å². The number of nitro groups is 1. The molecule has 1 aliphatic heterocycles. The highest BCUT2D eigenvalue weighted by Gasteiger charge is 2.29. The molecule has 1 saturated heterocycles. The average Bonchev–Trinajstić information content (AvgIpc) is 2.78. The maximum absolute atomic E-state index is 12.5. The molecular weight excluding hydrogens is 394 g/mol. The second-order valence-corrected chi connectivity index (χ2v) is 7.91. The van der Waals surface area contributed by atoms with Gasteiger partial charge < -0.3 is 4.74 Å². The fourth-order valence-corrected chi connectivity index (χ4v) is 4.07. The molecule has 162 valence electrons. The number of ketones is 1. The summed E-state index contributed by atoms with van der Waals surface area (Å²) in [6.45, 7) is 2.53.